The maximum Gasteiger partial charge on any atom is 0.334 e. The molecule has 4 N–H and O–H groups in total. The van der Waals surface area contributed by atoms with Crippen molar-refractivity contribution in [3.05, 3.63) is 0 Å². The number of hydrogen-bond donors (Lipinski definition) is 3. The molecule has 8 nitrogen and oxygen atoms in total. The lowest BCUT2D eigenvalue weighted by atomic mass is 10.0. The largest absolute Gasteiger partial charge is 0.479 e. The van der Waals surface area contributed by atoms with Gasteiger partial charge in [0.25, 0.3) is 0 Å². The highest BCUT2D eigenvalue weighted by atomic mass is 16.5. The number of nitrogens with one attached hydrogen (secondary N) is 1. The van der Waals surface area contributed by atoms with Gasteiger partial charge in [-0.1, -0.05) is 13.8 Å². The normalized spacial score (nSPS) is 21.0. The van der Waals surface area contributed by atoms with E-state index in [1.54, 1.807) is 13.8 Å². The van der Waals surface area contributed by atoms with Crippen LogP contribution in [0.4, 0.5) is 4.79 Å². The second-order valence-corrected chi connectivity index (χ2v) is 4.72. The van der Waals surface area contributed by atoms with Crippen molar-refractivity contribution in [2.45, 2.75) is 26.0 Å². The Balaban J connectivity index is 2.62. The molecule has 1 heterocycles. The van der Waals surface area contributed by atoms with E-state index in [1.165, 1.54) is 4.90 Å². The molecule has 3 amide bonds. The summed E-state index contributed by atoms with van der Waals surface area (Å²) in [7, 11) is 0. The molecule has 2 unspecified atom stereocenters. The molecule has 19 heavy (non-hydrogen) atoms. The number of amides is 3. The van der Waals surface area contributed by atoms with E-state index < -0.39 is 30.1 Å². The molecule has 1 fully saturated rings. The number of carbonyl (C=O) groups is 3. The monoisotopic (exact) mass is 273 g/mol. The van der Waals surface area contributed by atoms with Gasteiger partial charge < -0.3 is 25.8 Å². The van der Waals surface area contributed by atoms with Gasteiger partial charge >= 0.3 is 12.0 Å². The van der Waals surface area contributed by atoms with Crippen molar-refractivity contribution in [1.29, 1.82) is 0 Å². The van der Waals surface area contributed by atoms with Crippen LogP contribution in [0, 0.1) is 5.92 Å². The number of primary amides is 1. The van der Waals surface area contributed by atoms with Crippen molar-refractivity contribution in [2.24, 2.45) is 11.7 Å². The van der Waals surface area contributed by atoms with Gasteiger partial charge in [-0.2, -0.15) is 0 Å². The highest BCUT2D eigenvalue weighted by Crippen LogP contribution is 2.07. The topological polar surface area (TPSA) is 122 Å². The van der Waals surface area contributed by atoms with Crippen LogP contribution in [0.2, 0.25) is 0 Å². The van der Waals surface area contributed by atoms with Gasteiger partial charge in [-0.3, -0.25) is 4.79 Å². The quantitative estimate of drug-likeness (QED) is 0.606. The molecule has 8 heteroatoms. The van der Waals surface area contributed by atoms with Gasteiger partial charge in [-0.05, 0) is 5.92 Å². The number of urea groups is 1. The van der Waals surface area contributed by atoms with E-state index in [1.807, 2.05) is 0 Å². The number of hydrogen-bond acceptors (Lipinski definition) is 4. The average molecular weight is 273 g/mol. The predicted molar refractivity (Wildman–Crippen MR) is 65.3 cm³/mol. The fourth-order valence-corrected chi connectivity index (χ4v) is 1.77. The molecule has 108 valence electrons. The molecule has 1 aliphatic heterocycles. The summed E-state index contributed by atoms with van der Waals surface area (Å²) >= 11 is 0. The van der Waals surface area contributed by atoms with Gasteiger partial charge in [0.1, 0.15) is 6.04 Å². The molecule has 0 saturated carbocycles. The smallest absolute Gasteiger partial charge is 0.334 e. The van der Waals surface area contributed by atoms with Crippen molar-refractivity contribution in [1.82, 2.24) is 10.2 Å². The van der Waals surface area contributed by atoms with Crippen LogP contribution >= 0.6 is 0 Å². The molecule has 1 rings (SSSR count). The van der Waals surface area contributed by atoms with Crippen LogP contribution < -0.4 is 11.1 Å². The van der Waals surface area contributed by atoms with Crippen LogP contribution in [-0.2, 0) is 14.3 Å². The van der Waals surface area contributed by atoms with Crippen LogP contribution in [0.5, 0.6) is 0 Å². The number of rotatable bonds is 4. The van der Waals surface area contributed by atoms with Crippen molar-refractivity contribution >= 4 is 17.9 Å². The third kappa shape index (κ3) is 4.09. The molecule has 0 aromatic carbocycles. The SMILES string of the molecule is CC(C)C(NC(=O)N1CCOC(C(=O)O)C1)C(N)=O. The lowest BCUT2D eigenvalue weighted by molar-refractivity contribution is -0.154. The maximum atomic E-state index is 11.9. The summed E-state index contributed by atoms with van der Waals surface area (Å²) in [5.74, 6) is -1.88. The van der Waals surface area contributed by atoms with E-state index in [0.717, 1.165) is 0 Å². The first-order valence-electron chi connectivity index (χ1n) is 6.02. The highest BCUT2D eigenvalue weighted by Gasteiger charge is 2.31. The van der Waals surface area contributed by atoms with E-state index in [2.05, 4.69) is 5.32 Å². The van der Waals surface area contributed by atoms with Crippen molar-refractivity contribution in [3.63, 3.8) is 0 Å². The third-order valence-corrected chi connectivity index (χ3v) is 2.88. The molecule has 1 aliphatic rings. The summed E-state index contributed by atoms with van der Waals surface area (Å²) in [4.78, 5) is 35.3. The lowest BCUT2D eigenvalue weighted by Gasteiger charge is -2.32. The number of carboxylic acid groups (broad SMARTS) is 1. The number of nitrogens with zero attached hydrogens (tertiary/aromatic N) is 1. The predicted octanol–water partition coefficient (Wildman–Crippen LogP) is -1.01. The van der Waals surface area contributed by atoms with E-state index in [4.69, 9.17) is 15.6 Å². The minimum Gasteiger partial charge on any atom is -0.479 e. The first kappa shape index (κ1) is 15.2. The minimum atomic E-state index is -1.12. The molecule has 0 aliphatic carbocycles. The number of aliphatic carboxylic acids is 1. The molecule has 0 spiro atoms. The Morgan fingerprint density at radius 3 is 2.53 bits per heavy atom. The molecule has 0 bridgehead atoms. The number of nitrogens with two attached hydrogens (primary N) is 1. The summed E-state index contributed by atoms with van der Waals surface area (Å²) in [5.41, 5.74) is 5.20. The van der Waals surface area contributed by atoms with Gasteiger partial charge in [-0.15, -0.1) is 0 Å². The standard InChI is InChI=1S/C11H19N3O5/c1-6(2)8(9(12)15)13-11(18)14-3-4-19-7(5-14)10(16)17/h6-8H,3-5H2,1-2H3,(H2,12,15)(H,13,18)(H,16,17). The van der Waals surface area contributed by atoms with Gasteiger partial charge in [-0.25, -0.2) is 9.59 Å². The van der Waals surface area contributed by atoms with Gasteiger partial charge in [0, 0.05) is 6.54 Å². The average Bonchev–Trinajstić information content (AvgIpc) is 2.34. The van der Waals surface area contributed by atoms with Gasteiger partial charge in [0.15, 0.2) is 6.10 Å². The maximum absolute atomic E-state index is 11.9. The number of carboxylic acids is 1. The Morgan fingerprint density at radius 2 is 2.05 bits per heavy atom. The Labute approximate surface area is 110 Å². The summed E-state index contributed by atoms with van der Waals surface area (Å²) in [6, 6.07) is -1.29. The summed E-state index contributed by atoms with van der Waals surface area (Å²) in [6.07, 6.45) is -1.04. The van der Waals surface area contributed by atoms with Crippen LogP contribution in [-0.4, -0.2) is 59.8 Å². The number of ether oxygens (including phenoxy) is 1. The Morgan fingerprint density at radius 1 is 1.42 bits per heavy atom. The van der Waals surface area contributed by atoms with E-state index in [0.29, 0.717) is 0 Å². The third-order valence-electron chi connectivity index (χ3n) is 2.88. The van der Waals surface area contributed by atoms with E-state index in [-0.39, 0.29) is 25.6 Å². The zero-order valence-electron chi connectivity index (χ0n) is 11.0. The summed E-state index contributed by atoms with van der Waals surface area (Å²) < 4.78 is 5.01. The summed E-state index contributed by atoms with van der Waals surface area (Å²) in [5, 5.41) is 11.3. The fourth-order valence-electron chi connectivity index (χ4n) is 1.77. The van der Waals surface area contributed by atoms with Gasteiger partial charge in [0.2, 0.25) is 5.91 Å². The first-order chi connectivity index (χ1) is 8.82. The second kappa shape index (κ2) is 6.37. The van der Waals surface area contributed by atoms with Crippen LogP contribution in [0.15, 0.2) is 0 Å². The molecule has 1 saturated heterocycles. The molecular weight excluding hydrogens is 254 g/mol. The number of morpholine rings is 1. The van der Waals surface area contributed by atoms with Crippen molar-refractivity contribution < 1.29 is 24.2 Å². The minimum absolute atomic E-state index is 0.0508. The van der Waals surface area contributed by atoms with Gasteiger partial charge in [0.05, 0.1) is 13.2 Å². The molecule has 0 aromatic heterocycles. The first-order valence-corrected chi connectivity index (χ1v) is 6.02. The second-order valence-electron chi connectivity index (χ2n) is 4.72. The molecule has 0 aromatic rings. The summed E-state index contributed by atoms with van der Waals surface area (Å²) in [6.45, 7) is 3.89. The van der Waals surface area contributed by atoms with E-state index in [9.17, 15) is 14.4 Å². The van der Waals surface area contributed by atoms with Crippen molar-refractivity contribution in [2.75, 3.05) is 19.7 Å². The molecule has 2 atom stereocenters. The molecule has 0 radical (unpaired) electrons. The number of carbonyl (C=O) groups excluding carboxylic acids is 2. The van der Waals surface area contributed by atoms with Crippen LogP contribution in [0.3, 0.4) is 0 Å². The molecular formula is C11H19N3O5. The Kier molecular flexibility index (Phi) is 5.11. The van der Waals surface area contributed by atoms with Crippen molar-refractivity contribution in [3.8, 4) is 0 Å². The van der Waals surface area contributed by atoms with E-state index >= 15 is 0 Å². The fraction of sp³-hybridized carbons (Fsp3) is 0.727. The zero-order valence-corrected chi connectivity index (χ0v) is 11.0. The van der Waals surface area contributed by atoms with Crippen LogP contribution in [0.25, 0.3) is 0 Å². The lowest BCUT2D eigenvalue weighted by Crippen LogP contribution is -2.56. The Hall–Kier alpha value is -1.83. The highest BCUT2D eigenvalue weighted by molar-refractivity contribution is 5.86. The van der Waals surface area contributed by atoms with Crippen LogP contribution in [0.1, 0.15) is 13.8 Å². The Bertz CT molecular complexity index is 371. The zero-order chi connectivity index (χ0) is 14.6.